The molecule has 0 aliphatic heterocycles. The number of hydrogen-bond acceptors (Lipinski definition) is 3. The second-order valence-electron chi connectivity index (χ2n) is 4.16. The third-order valence-electron chi connectivity index (χ3n) is 2.96. The third-order valence-corrected chi connectivity index (χ3v) is 2.96. The third kappa shape index (κ3) is 1.46. The quantitative estimate of drug-likeness (QED) is 0.810. The van der Waals surface area contributed by atoms with Gasteiger partial charge in [-0.05, 0) is 32.3 Å². The summed E-state index contributed by atoms with van der Waals surface area (Å²) in [5.41, 5.74) is 2.10. The molecule has 1 aliphatic carbocycles. The van der Waals surface area contributed by atoms with Gasteiger partial charge in [0.05, 0.1) is 5.69 Å². The topological polar surface area (TPSA) is 42.2 Å². The largest absolute Gasteiger partial charge is 0.366 e. The molecule has 15 heavy (non-hydrogen) atoms. The zero-order chi connectivity index (χ0) is 10.3. The molecule has 4 heteroatoms. The van der Waals surface area contributed by atoms with Gasteiger partial charge in [0.15, 0.2) is 5.82 Å². The molecule has 0 saturated heterocycles. The highest BCUT2D eigenvalue weighted by atomic mass is 15.2. The SMILES string of the molecule is Cc1cc2c(NC3CCC3)nccn2n1. The predicted molar refractivity (Wildman–Crippen MR) is 59.0 cm³/mol. The standard InChI is InChI=1S/C11H14N4/c1-8-7-10-11(13-9-3-2-4-9)12-5-6-15(10)14-8/h5-7,9H,2-4H2,1H3,(H,12,13). The second kappa shape index (κ2) is 3.22. The van der Waals surface area contributed by atoms with Gasteiger partial charge in [-0.1, -0.05) is 0 Å². The van der Waals surface area contributed by atoms with Gasteiger partial charge < -0.3 is 5.32 Å². The summed E-state index contributed by atoms with van der Waals surface area (Å²) in [5.74, 6) is 0.961. The van der Waals surface area contributed by atoms with E-state index >= 15 is 0 Å². The van der Waals surface area contributed by atoms with Crippen molar-refractivity contribution in [1.29, 1.82) is 0 Å². The molecule has 78 valence electrons. The van der Waals surface area contributed by atoms with Crippen molar-refractivity contribution in [3.8, 4) is 0 Å². The van der Waals surface area contributed by atoms with Crippen molar-refractivity contribution >= 4 is 11.3 Å². The van der Waals surface area contributed by atoms with E-state index < -0.39 is 0 Å². The average Bonchev–Trinajstić information content (AvgIpc) is 2.52. The van der Waals surface area contributed by atoms with Crippen LogP contribution in [0, 0.1) is 6.92 Å². The molecule has 0 spiro atoms. The molecular formula is C11H14N4. The van der Waals surface area contributed by atoms with Crippen molar-refractivity contribution in [2.75, 3.05) is 5.32 Å². The minimum Gasteiger partial charge on any atom is -0.366 e. The molecule has 1 saturated carbocycles. The number of fused-ring (bicyclic) bond motifs is 1. The summed E-state index contributed by atoms with van der Waals surface area (Å²) in [6.45, 7) is 2.00. The summed E-state index contributed by atoms with van der Waals surface area (Å²) >= 11 is 0. The van der Waals surface area contributed by atoms with Gasteiger partial charge in [-0.2, -0.15) is 5.10 Å². The minimum absolute atomic E-state index is 0.610. The van der Waals surface area contributed by atoms with Crippen molar-refractivity contribution < 1.29 is 0 Å². The molecule has 1 N–H and O–H groups in total. The number of anilines is 1. The maximum atomic E-state index is 4.37. The van der Waals surface area contributed by atoms with E-state index in [1.165, 1.54) is 19.3 Å². The highest BCUT2D eigenvalue weighted by molar-refractivity contribution is 5.68. The van der Waals surface area contributed by atoms with Gasteiger partial charge in [0.1, 0.15) is 5.52 Å². The van der Waals surface area contributed by atoms with Crippen LogP contribution in [0.2, 0.25) is 0 Å². The fraction of sp³-hybridized carbons (Fsp3) is 0.455. The predicted octanol–water partition coefficient (Wildman–Crippen LogP) is 2.00. The lowest BCUT2D eigenvalue weighted by molar-refractivity contribution is 0.444. The first-order valence-electron chi connectivity index (χ1n) is 5.40. The summed E-state index contributed by atoms with van der Waals surface area (Å²) in [6, 6.07) is 2.67. The lowest BCUT2D eigenvalue weighted by atomic mass is 9.93. The van der Waals surface area contributed by atoms with Crippen LogP contribution < -0.4 is 5.32 Å². The smallest absolute Gasteiger partial charge is 0.152 e. The number of nitrogens with zero attached hydrogens (tertiary/aromatic N) is 3. The monoisotopic (exact) mass is 202 g/mol. The van der Waals surface area contributed by atoms with Gasteiger partial charge >= 0.3 is 0 Å². The molecule has 0 radical (unpaired) electrons. The van der Waals surface area contributed by atoms with E-state index in [2.05, 4.69) is 21.5 Å². The lowest BCUT2D eigenvalue weighted by Gasteiger charge is -2.26. The summed E-state index contributed by atoms with van der Waals surface area (Å²) in [7, 11) is 0. The molecule has 0 atom stereocenters. The Bertz CT molecular complexity index is 484. The van der Waals surface area contributed by atoms with Gasteiger partial charge in [-0.15, -0.1) is 0 Å². The Morgan fingerprint density at radius 3 is 3.07 bits per heavy atom. The van der Waals surface area contributed by atoms with Gasteiger partial charge in [0.25, 0.3) is 0 Å². The molecule has 2 aromatic heterocycles. The molecule has 2 aromatic rings. The number of aromatic nitrogens is 3. The Balaban J connectivity index is 2.00. The number of hydrogen-bond donors (Lipinski definition) is 1. The Morgan fingerprint density at radius 1 is 1.47 bits per heavy atom. The summed E-state index contributed by atoms with van der Waals surface area (Å²) in [6.07, 6.45) is 7.53. The highest BCUT2D eigenvalue weighted by Gasteiger charge is 2.18. The first kappa shape index (κ1) is 8.71. The van der Waals surface area contributed by atoms with Crippen molar-refractivity contribution in [1.82, 2.24) is 14.6 Å². The number of aryl methyl sites for hydroxylation is 1. The van der Waals surface area contributed by atoms with Crippen LogP contribution in [0.1, 0.15) is 25.0 Å². The fourth-order valence-electron chi connectivity index (χ4n) is 1.90. The lowest BCUT2D eigenvalue weighted by Crippen LogP contribution is -2.27. The molecular weight excluding hydrogens is 188 g/mol. The summed E-state index contributed by atoms with van der Waals surface area (Å²) in [5, 5.41) is 7.82. The van der Waals surface area contributed by atoms with Gasteiger partial charge in [0, 0.05) is 18.4 Å². The van der Waals surface area contributed by atoms with E-state index in [0.717, 1.165) is 17.0 Å². The number of nitrogens with one attached hydrogen (secondary N) is 1. The summed E-state index contributed by atoms with van der Waals surface area (Å²) in [4.78, 5) is 4.37. The molecule has 3 rings (SSSR count). The van der Waals surface area contributed by atoms with Crippen LogP contribution in [0.5, 0.6) is 0 Å². The van der Waals surface area contributed by atoms with Crippen LogP contribution in [0.3, 0.4) is 0 Å². The molecule has 0 bridgehead atoms. The van der Waals surface area contributed by atoms with Crippen LogP contribution in [-0.4, -0.2) is 20.6 Å². The van der Waals surface area contributed by atoms with E-state index in [1.54, 1.807) is 6.20 Å². The molecule has 1 fully saturated rings. The van der Waals surface area contributed by atoms with Crippen LogP contribution in [0.15, 0.2) is 18.5 Å². The highest BCUT2D eigenvalue weighted by Crippen LogP contribution is 2.24. The zero-order valence-electron chi connectivity index (χ0n) is 8.77. The summed E-state index contributed by atoms with van der Waals surface area (Å²) < 4.78 is 1.88. The van der Waals surface area contributed by atoms with E-state index in [9.17, 15) is 0 Å². The maximum absolute atomic E-state index is 4.37. The first-order chi connectivity index (χ1) is 7.33. The van der Waals surface area contributed by atoms with Gasteiger partial charge in [-0.3, -0.25) is 0 Å². The number of rotatable bonds is 2. The van der Waals surface area contributed by atoms with Crippen LogP contribution in [0.4, 0.5) is 5.82 Å². The fourth-order valence-corrected chi connectivity index (χ4v) is 1.90. The van der Waals surface area contributed by atoms with E-state index in [4.69, 9.17) is 0 Å². The molecule has 0 unspecified atom stereocenters. The van der Waals surface area contributed by atoms with Crippen LogP contribution in [0.25, 0.3) is 5.52 Å². The molecule has 1 aliphatic rings. The molecule has 0 aromatic carbocycles. The Kier molecular flexibility index (Phi) is 1.87. The van der Waals surface area contributed by atoms with E-state index in [0.29, 0.717) is 6.04 Å². The first-order valence-corrected chi connectivity index (χ1v) is 5.40. The Morgan fingerprint density at radius 2 is 2.33 bits per heavy atom. The average molecular weight is 202 g/mol. The molecule has 0 amide bonds. The molecule has 2 heterocycles. The Hall–Kier alpha value is -1.58. The van der Waals surface area contributed by atoms with Crippen molar-refractivity contribution in [3.63, 3.8) is 0 Å². The maximum Gasteiger partial charge on any atom is 0.152 e. The van der Waals surface area contributed by atoms with Crippen molar-refractivity contribution in [3.05, 3.63) is 24.2 Å². The van der Waals surface area contributed by atoms with E-state index in [1.807, 2.05) is 17.6 Å². The normalized spacial score (nSPS) is 16.6. The van der Waals surface area contributed by atoms with Crippen molar-refractivity contribution in [2.45, 2.75) is 32.2 Å². The second-order valence-corrected chi connectivity index (χ2v) is 4.16. The van der Waals surface area contributed by atoms with Gasteiger partial charge in [0.2, 0.25) is 0 Å². The van der Waals surface area contributed by atoms with E-state index in [-0.39, 0.29) is 0 Å². The molecule has 4 nitrogen and oxygen atoms in total. The van der Waals surface area contributed by atoms with Crippen molar-refractivity contribution in [2.24, 2.45) is 0 Å². The Labute approximate surface area is 88.3 Å². The van der Waals surface area contributed by atoms with Crippen LogP contribution >= 0.6 is 0 Å². The van der Waals surface area contributed by atoms with Gasteiger partial charge in [-0.25, -0.2) is 9.50 Å². The van der Waals surface area contributed by atoms with Crippen LogP contribution in [-0.2, 0) is 0 Å². The minimum atomic E-state index is 0.610. The zero-order valence-corrected chi connectivity index (χ0v) is 8.77.